The number of aliphatic carboxylic acids is 1. The Morgan fingerprint density at radius 1 is 1.31 bits per heavy atom. The first-order valence-corrected chi connectivity index (χ1v) is 8.85. The van der Waals surface area contributed by atoms with Crippen molar-refractivity contribution in [3.63, 3.8) is 0 Å². The summed E-state index contributed by atoms with van der Waals surface area (Å²) in [4.78, 5) is 15.0. The monoisotopic (exact) mass is 358 g/mol. The molecule has 1 atom stereocenters. The van der Waals surface area contributed by atoms with Crippen molar-refractivity contribution >= 4 is 16.7 Å². The highest BCUT2D eigenvalue weighted by Gasteiger charge is 2.23. The number of carboxylic acids is 1. The standard InChI is InChI=1S/C20H26N2O4/c1-21(14-20(23)24)12-16-13-22(9-10-26-16)11-15-7-8-19(25-2)18-6-4-3-5-17(15)18/h3-8,16H,9-14H2,1-2H3,(H,23,24). The van der Waals surface area contributed by atoms with Crippen molar-refractivity contribution in [2.75, 3.05) is 46.9 Å². The Morgan fingerprint density at radius 3 is 2.81 bits per heavy atom. The normalized spacial score (nSPS) is 18.3. The fraction of sp³-hybridized carbons (Fsp3) is 0.450. The molecule has 1 fully saturated rings. The van der Waals surface area contributed by atoms with Crippen LogP contribution >= 0.6 is 0 Å². The van der Waals surface area contributed by atoms with Crippen molar-refractivity contribution < 1.29 is 19.4 Å². The lowest BCUT2D eigenvalue weighted by Crippen LogP contribution is -2.47. The first-order valence-electron chi connectivity index (χ1n) is 8.85. The van der Waals surface area contributed by atoms with Gasteiger partial charge in [-0.1, -0.05) is 30.3 Å². The molecule has 1 aliphatic heterocycles. The zero-order valence-corrected chi connectivity index (χ0v) is 15.4. The number of morpholine rings is 1. The summed E-state index contributed by atoms with van der Waals surface area (Å²) >= 11 is 0. The van der Waals surface area contributed by atoms with Gasteiger partial charge in [0, 0.05) is 31.6 Å². The molecule has 1 aliphatic rings. The van der Waals surface area contributed by atoms with Crippen molar-refractivity contribution in [2.24, 2.45) is 0 Å². The first kappa shape index (κ1) is 18.6. The predicted octanol–water partition coefficient (Wildman–Crippen LogP) is 2.07. The van der Waals surface area contributed by atoms with Crippen molar-refractivity contribution in [3.8, 4) is 5.75 Å². The molecule has 2 aromatic rings. The second-order valence-corrected chi connectivity index (χ2v) is 6.79. The number of hydrogen-bond acceptors (Lipinski definition) is 5. The van der Waals surface area contributed by atoms with Crippen LogP contribution in [0, 0.1) is 0 Å². The van der Waals surface area contributed by atoms with Crippen LogP contribution in [0.25, 0.3) is 10.8 Å². The van der Waals surface area contributed by atoms with Crippen LogP contribution in [-0.2, 0) is 16.1 Å². The molecule has 6 heteroatoms. The summed E-state index contributed by atoms with van der Waals surface area (Å²) in [6.07, 6.45) is 0.0256. The molecule has 1 saturated heterocycles. The Balaban J connectivity index is 1.69. The van der Waals surface area contributed by atoms with E-state index in [2.05, 4.69) is 23.1 Å². The number of ether oxygens (including phenoxy) is 2. The van der Waals surface area contributed by atoms with E-state index in [1.54, 1.807) is 12.0 Å². The molecule has 0 spiro atoms. The summed E-state index contributed by atoms with van der Waals surface area (Å²) in [6, 6.07) is 12.4. The van der Waals surface area contributed by atoms with Crippen LogP contribution in [-0.4, -0.2) is 73.9 Å². The Morgan fingerprint density at radius 2 is 2.08 bits per heavy atom. The molecule has 0 radical (unpaired) electrons. The van der Waals surface area contributed by atoms with Crippen LogP contribution in [0.15, 0.2) is 36.4 Å². The minimum absolute atomic E-state index is 0.0256. The van der Waals surface area contributed by atoms with E-state index in [1.807, 2.05) is 25.2 Å². The summed E-state index contributed by atoms with van der Waals surface area (Å²) in [5, 5.41) is 11.2. The van der Waals surface area contributed by atoms with Gasteiger partial charge in [0.25, 0.3) is 0 Å². The smallest absolute Gasteiger partial charge is 0.317 e. The molecule has 0 amide bonds. The molecule has 0 aromatic heterocycles. The summed E-state index contributed by atoms with van der Waals surface area (Å²) in [5.74, 6) is 0.0735. The highest BCUT2D eigenvalue weighted by atomic mass is 16.5. The van der Waals surface area contributed by atoms with E-state index >= 15 is 0 Å². The number of nitrogens with zero attached hydrogens (tertiary/aromatic N) is 2. The Labute approximate surface area is 153 Å². The van der Waals surface area contributed by atoms with Gasteiger partial charge in [0.2, 0.25) is 0 Å². The molecule has 0 bridgehead atoms. The van der Waals surface area contributed by atoms with Crippen molar-refractivity contribution in [2.45, 2.75) is 12.6 Å². The van der Waals surface area contributed by atoms with Gasteiger partial charge in [-0.3, -0.25) is 14.6 Å². The number of hydrogen-bond donors (Lipinski definition) is 1. The van der Waals surface area contributed by atoms with E-state index in [-0.39, 0.29) is 12.6 Å². The molecule has 6 nitrogen and oxygen atoms in total. The highest BCUT2D eigenvalue weighted by Crippen LogP contribution is 2.29. The van der Waals surface area contributed by atoms with Gasteiger partial charge in [0.15, 0.2) is 0 Å². The van der Waals surface area contributed by atoms with Gasteiger partial charge in [0.1, 0.15) is 5.75 Å². The molecule has 1 heterocycles. The third-order valence-corrected chi connectivity index (χ3v) is 4.73. The maximum Gasteiger partial charge on any atom is 0.317 e. The quantitative estimate of drug-likeness (QED) is 0.818. The molecule has 1 N–H and O–H groups in total. The third kappa shape index (κ3) is 4.52. The molecule has 3 rings (SSSR count). The molecule has 140 valence electrons. The zero-order chi connectivity index (χ0) is 18.5. The maximum absolute atomic E-state index is 10.8. The van der Waals surface area contributed by atoms with E-state index in [0.29, 0.717) is 13.2 Å². The molecule has 0 aliphatic carbocycles. The molecule has 26 heavy (non-hydrogen) atoms. The number of carbonyl (C=O) groups is 1. The van der Waals surface area contributed by atoms with Gasteiger partial charge < -0.3 is 14.6 Å². The van der Waals surface area contributed by atoms with Crippen LogP contribution < -0.4 is 4.74 Å². The van der Waals surface area contributed by atoms with Gasteiger partial charge in [-0.2, -0.15) is 0 Å². The maximum atomic E-state index is 10.8. The average molecular weight is 358 g/mol. The molecular formula is C20H26N2O4. The molecular weight excluding hydrogens is 332 g/mol. The van der Waals surface area contributed by atoms with Crippen LogP contribution in [0.2, 0.25) is 0 Å². The minimum Gasteiger partial charge on any atom is -0.496 e. The molecule has 1 unspecified atom stereocenters. The van der Waals surface area contributed by atoms with E-state index < -0.39 is 5.97 Å². The lowest BCUT2D eigenvalue weighted by atomic mass is 10.0. The highest BCUT2D eigenvalue weighted by molar-refractivity contribution is 5.91. The molecule has 2 aromatic carbocycles. The second-order valence-electron chi connectivity index (χ2n) is 6.79. The van der Waals surface area contributed by atoms with Crippen LogP contribution in [0.1, 0.15) is 5.56 Å². The SMILES string of the molecule is COc1ccc(CN2CCOC(CN(C)CC(=O)O)C2)c2ccccc12. The summed E-state index contributed by atoms with van der Waals surface area (Å²) in [6.45, 7) is 3.83. The predicted molar refractivity (Wildman–Crippen MR) is 101 cm³/mol. The number of carboxylic acid groups (broad SMARTS) is 1. The van der Waals surface area contributed by atoms with Gasteiger partial charge in [-0.05, 0) is 24.1 Å². The van der Waals surface area contributed by atoms with Crippen LogP contribution in [0.5, 0.6) is 5.75 Å². The summed E-state index contributed by atoms with van der Waals surface area (Å²) < 4.78 is 11.3. The number of methoxy groups -OCH3 is 1. The van der Waals surface area contributed by atoms with Gasteiger partial charge in [0.05, 0.1) is 26.4 Å². The number of likely N-dealkylation sites (N-methyl/N-ethyl adjacent to an activating group) is 1. The number of fused-ring (bicyclic) bond motifs is 1. The van der Waals surface area contributed by atoms with E-state index in [0.717, 1.165) is 30.8 Å². The summed E-state index contributed by atoms with van der Waals surface area (Å²) in [5.41, 5.74) is 1.26. The fourth-order valence-electron chi connectivity index (χ4n) is 3.57. The average Bonchev–Trinajstić information content (AvgIpc) is 2.61. The van der Waals surface area contributed by atoms with Gasteiger partial charge >= 0.3 is 5.97 Å². The Kier molecular flexibility index (Phi) is 6.08. The first-order chi connectivity index (χ1) is 12.6. The van der Waals surface area contributed by atoms with Crippen molar-refractivity contribution in [1.29, 1.82) is 0 Å². The Hall–Kier alpha value is -2.15. The fourth-order valence-corrected chi connectivity index (χ4v) is 3.57. The topological polar surface area (TPSA) is 62.2 Å². The van der Waals surface area contributed by atoms with Crippen molar-refractivity contribution in [3.05, 3.63) is 42.0 Å². The van der Waals surface area contributed by atoms with Crippen LogP contribution in [0.3, 0.4) is 0 Å². The van der Waals surface area contributed by atoms with E-state index in [1.165, 1.54) is 10.9 Å². The van der Waals surface area contributed by atoms with Crippen LogP contribution in [0.4, 0.5) is 0 Å². The number of rotatable bonds is 7. The molecule has 0 saturated carbocycles. The lowest BCUT2D eigenvalue weighted by molar-refractivity contribution is -0.138. The lowest BCUT2D eigenvalue weighted by Gasteiger charge is -2.34. The zero-order valence-electron chi connectivity index (χ0n) is 15.4. The minimum atomic E-state index is -0.815. The second kappa shape index (κ2) is 8.49. The van der Waals surface area contributed by atoms with Gasteiger partial charge in [-0.25, -0.2) is 0 Å². The van der Waals surface area contributed by atoms with Crippen molar-refractivity contribution in [1.82, 2.24) is 9.80 Å². The summed E-state index contributed by atoms with van der Waals surface area (Å²) in [7, 11) is 3.51. The van der Waals surface area contributed by atoms with Gasteiger partial charge in [-0.15, -0.1) is 0 Å². The number of benzene rings is 2. The Bertz CT molecular complexity index is 765. The van der Waals surface area contributed by atoms with E-state index in [9.17, 15) is 4.79 Å². The van der Waals surface area contributed by atoms with E-state index in [4.69, 9.17) is 14.6 Å². The third-order valence-electron chi connectivity index (χ3n) is 4.73. The largest absolute Gasteiger partial charge is 0.496 e.